The molecule has 0 saturated carbocycles. The highest BCUT2D eigenvalue weighted by molar-refractivity contribution is 5.99. The van der Waals surface area contributed by atoms with Gasteiger partial charge in [-0.1, -0.05) is 47.5 Å². The predicted octanol–water partition coefficient (Wildman–Crippen LogP) is 7.40. The summed E-state index contributed by atoms with van der Waals surface area (Å²) in [5, 5.41) is 2.99. The Morgan fingerprint density at radius 3 is 2.31 bits per heavy atom. The lowest BCUT2D eigenvalue weighted by molar-refractivity contribution is -0.177. The number of hydrogen-bond donors (Lipinski definition) is 1. The van der Waals surface area contributed by atoms with Gasteiger partial charge in [-0.25, -0.2) is 4.39 Å². The molecule has 42 heavy (non-hydrogen) atoms. The minimum atomic E-state index is -4.27. The van der Waals surface area contributed by atoms with Crippen LogP contribution in [0.5, 0.6) is 0 Å². The maximum absolute atomic E-state index is 15.0. The van der Waals surface area contributed by atoms with Crippen LogP contribution < -0.4 is 5.32 Å². The molecule has 0 spiro atoms. The molecule has 2 aromatic carbocycles. The standard InChI is InChI=1S/C33H37F4N3O2/c1-21-10-16-25(17-11-21)38-31(41)26-7-4-19-40(32(42)29-22(2)6-3-8-27(29)34)30(26)24-14-12-23(13-15-24)20-39-18-5-9-28(39)33(35,36)37/h8,10-17,26,28,30H,3-7,9,18-20H2,1-2H3,(H,38,41). The number of anilines is 1. The molecule has 0 radical (unpaired) electrons. The van der Waals surface area contributed by atoms with Gasteiger partial charge in [0, 0.05) is 18.8 Å². The fourth-order valence-electron chi connectivity index (χ4n) is 6.50. The SMILES string of the molecule is CC1=C(C(=O)N2CCCC(C(=O)Nc3ccc(C)cc3)C2c2ccc(CN3CCCC3C(F)(F)F)cc2)C(F)=CCC1. The molecule has 2 aromatic rings. The second-order valence-electron chi connectivity index (χ2n) is 11.7. The zero-order valence-electron chi connectivity index (χ0n) is 24.0. The normalized spacial score (nSPS) is 23.6. The highest BCUT2D eigenvalue weighted by Crippen LogP contribution is 2.40. The summed E-state index contributed by atoms with van der Waals surface area (Å²) in [7, 11) is 0. The molecule has 2 amide bonds. The van der Waals surface area contributed by atoms with Crippen LogP contribution in [-0.4, -0.2) is 46.9 Å². The van der Waals surface area contributed by atoms with Gasteiger partial charge in [-0.15, -0.1) is 0 Å². The third-order valence-corrected chi connectivity index (χ3v) is 8.72. The van der Waals surface area contributed by atoms with Crippen molar-refractivity contribution < 1.29 is 27.2 Å². The molecule has 3 unspecified atom stereocenters. The molecule has 9 heteroatoms. The van der Waals surface area contributed by atoms with Gasteiger partial charge in [-0.2, -0.15) is 13.2 Å². The number of nitrogens with one attached hydrogen (secondary N) is 1. The smallest absolute Gasteiger partial charge is 0.331 e. The molecule has 224 valence electrons. The molecule has 1 aliphatic carbocycles. The number of alkyl halides is 3. The van der Waals surface area contributed by atoms with E-state index in [1.807, 2.05) is 31.2 Å². The number of allylic oxidation sites excluding steroid dienone is 2. The summed E-state index contributed by atoms with van der Waals surface area (Å²) in [6.07, 6.45) is -0.00190. The number of rotatable bonds is 6. The Bertz CT molecular complexity index is 1370. The molecule has 3 atom stereocenters. The fraction of sp³-hybridized carbons (Fsp3) is 0.455. The summed E-state index contributed by atoms with van der Waals surface area (Å²) in [6.45, 7) is 4.63. The third kappa shape index (κ3) is 6.46. The van der Waals surface area contributed by atoms with Crippen LogP contribution >= 0.6 is 0 Å². The highest BCUT2D eigenvalue weighted by atomic mass is 19.4. The maximum Gasteiger partial charge on any atom is 0.404 e. The van der Waals surface area contributed by atoms with Crippen molar-refractivity contribution in [1.29, 1.82) is 0 Å². The van der Waals surface area contributed by atoms with Crippen molar-refractivity contribution in [3.8, 4) is 0 Å². The molecule has 3 aliphatic rings. The molecular formula is C33H37F4N3O2. The van der Waals surface area contributed by atoms with E-state index in [2.05, 4.69) is 5.32 Å². The van der Waals surface area contributed by atoms with Crippen LogP contribution in [0.15, 0.2) is 71.6 Å². The molecule has 5 rings (SSSR count). The average Bonchev–Trinajstić information content (AvgIpc) is 3.43. The summed E-state index contributed by atoms with van der Waals surface area (Å²) in [6, 6.07) is 12.5. The minimum absolute atomic E-state index is 0.0645. The maximum atomic E-state index is 15.0. The lowest BCUT2D eigenvalue weighted by atomic mass is 9.82. The Balaban J connectivity index is 1.44. The Morgan fingerprint density at radius 2 is 1.64 bits per heavy atom. The van der Waals surface area contributed by atoms with E-state index in [-0.39, 0.29) is 24.4 Å². The van der Waals surface area contributed by atoms with Crippen LogP contribution in [0.4, 0.5) is 23.2 Å². The second-order valence-corrected chi connectivity index (χ2v) is 11.7. The van der Waals surface area contributed by atoms with Gasteiger partial charge in [0.15, 0.2) is 0 Å². The van der Waals surface area contributed by atoms with Gasteiger partial charge >= 0.3 is 6.18 Å². The number of halogens is 4. The Hall–Kier alpha value is -3.46. The number of benzene rings is 2. The molecule has 2 heterocycles. The largest absolute Gasteiger partial charge is 0.404 e. The summed E-state index contributed by atoms with van der Waals surface area (Å²) in [5.74, 6) is -1.80. The summed E-state index contributed by atoms with van der Waals surface area (Å²) < 4.78 is 55.4. The number of hydrogen-bond acceptors (Lipinski definition) is 3. The first-order valence-corrected chi connectivity index (χ1v) is 14.7. The van der Waals surface area contributed by atoms with E-state index in [1.54, 1.807) is 36.1 Å². The first-order chi connectivity index (χ1) is 20.0. The lowest BCUT2D eigenvalue weighted by Gasteiger charge is -2.41. The Morgan fingerprint density at radius 1 is 0.952 bits per heavy atom. The first-order valence-electron chi connectivity index (χ1n) is 14.7. The summed E-state index contributed by atoms with van der Waals surface area (Å²) in [4.78, 5) is 30.6. The summed E-state index contributed by atoms with van der Waals surface area (Å²) in [5.41, 5.74) is 3.88. The van der Waals surface area contributed by atoms with Crippen LogP contribution in [0.3, 0.4) is 0 Å². The van der Waals surface area contributed by atoms with Crippen LogP contribution in [0.1, 0.15) is 68.2 Å². The van der Waals surface area contributed by atoms with Crippen LogP contribution in [0.2, 0.25) is 0 Å². The van der Waals surface area contributed by atoms with E-state index < -0.39 is 35.9 Å². The number of likely N-dealkylation sites (tertiary alicyclic amines) is 2. The number of nitrogens with zero attached hydrogens (tertiary/aromatic N) is 2. The van der Waals surface area contributed by atoms with E-state index in [1.165, 1.54) is 11.0 Å². The molecule has 2 fully saturated rings. The van der Waals surface area contributed by atoms with Crippen LogP contribution in [-0.2, 0) is 16.1 Å². The van der Waals surface area contributed by atoms with E-state index in [0.29, 0.717) is 62.0 Å². The van der Waals surface area contributed by atoms with Crippen molar-refractivity contribution in [1.82, 2.24) is 9.80 Å². The predicted molar refractivity (Wildman–Crippen MR) is 154 cm³/mol. The van der Waals surface area contributed by atoms with Crippen molar-refractivity contribution in [2.24, 2.45) is 5.92 Å². The van der Waals surface area contributed by atoms with E-state index in [4.69, 9.17) is 0 Å². The van der Waals surface area contributed by atoms with Gasteiger partial charge < -0.3 is 10.2 Å². The number of aryl methyl sites for hydroxylation is 1. The molecule has 2 aliphatic heterocycles. The molecule has 0 bridgehead atoms. The minimum Gasteiger partial charge on any atom is -0.331 e. The van der Waals surface area contributed by atoms with E-state index >= 15 is 0 Å². The molecule has 5 nitrogen and oxygen atoms in total. The lowest BCUT2D eigenvalue weighted by Crippen LogP contribution is -2.47. The van der Waals surface area contributed by atoms with Gasteiger partial charge in [0.05, 0.1) is 17.5 Å². The Kier molecular flexibility index (Phi) is 8.87. The van der Waals surface area contributed by atoms with Gasteiger partial charge in [0.25, 0.3) is 5.91 Å². The van der Waals surface area contributed by atoms with Gasteiger partial charge in [0.2, 0.25) is 5.91 Å². The van der Waals surface area contributed by atoms with Gasteiger partial charge in [0.1, 0.15) is 11.9 Å². The molecular weight excluding hydrogens is 546 g/mol. The summed E-state index contributed by atoms with van der Waals surface area (Å²) >= 11 is 0. The highest BCUT2D eigenvalue weighted by Gasteiger charge is 2.46. The van der Waals surface area contributed by atoms with Gasteiger partial charge in [-0.05, 0) is 88.3 Å². The van der Waals surface area contributed by atoms with Crippen molar-refractivity contribution in [2.45, 2.75) is 77.2 Å². The topological polar surface area (TPSA) is 52.7 Å². The number of amides is 2. The fourth-order valence-corrected chi connectivity index (χ4v) is 6.50. The van der Waals surface area contributed by atoms with E-state index in [0.717, 1.165) is 11.1 Å². The zero-order chi connectivity index (χ0) is 30.0. The Labute approximate surface area is 244 Å². The van der Waals surface area contributed by atoms with Crippen LogP contribution in [0, 0.1) is 12.8 Å². The van der Waals surface area contributed by atoms with Crippen molar-refractivity contribution in [2.75, 3.05) is 18.4 Å². The van der Waals surface area contributed by atoms with Crippen molar-refractivity contribution in [3.05, 3.63) is 88.3 Å². The zero-order valence-corrected chi connectivity index (χ0v) is 24.0. The van der Waals surface area contributed by atoms with Crippen molar-refractivity contribution >= 4 is 17.5 Å². The number of carbonyl (C=O) groups excluding carboxylic acids is 2. The number of carbonyl (C=O) groups is 2. The van der Waals surface area contributed by atoms with Crippen LogP contribution in [0.25, 0.3) is 0 Å². The number of piperidine rings is 1. The third-order valence-electron chi connectivity index (χ3n) is 8.72. The molecule has 2 saturated heterocycles. The van der Waals surface area contributed by atoms with Gasteiger partial charge in [-0.3, -0.25) is 14.5 Å². The second kappa shape index (κ2) is 12.4. The molecule has 1 N–H and O–H groups in total. The first kappa shape index (κ1) is 30.0. The monoisotopic (exact) mass is 583 g/mol. The molecule has 0 aromatic heterocycles. The quantitative estimate of drug-likeness (QED) is 0.361. The van der Waals surface area contributed by atoms with Crippen molar-refractivity contribution in [3.63, 3.8) is 0 Å². The average molecular weight is 584 g/mol. The van der Waals surface area contributed by atoms with E-state index in [9.17, 15) is 27.2 Å².